The monoisotopic (exact) mass is 324 g/mol. The predicted molar refractivity (Wildman–Crippen MR) is 89.6 cm³/mol. The first-order chi connectivity index (χ1) is 10.9. The highest BCUT2D eigenvalue weighted by Crippen LogP contribution is 2.14. The molecular formula is C18H30NO4+. The molecule has 0 aliphatic rings. The van der Waals surface area contributed by atoms with Crippen LogP contribution >= 0.6 is 0 Å². The van der Waals surface area contributed by atoms with Crippen LogP contribution in [0.15, 0.2) is 24.3 Å². The number of ether oxygens (including phenoxy) is 2. The number of aliphatic hydroxyl groups is 1. The van der Waals surface area contributed by atoms with Gasteiger partial charge >= 0.3 is 5.97 Å². The smallest absolute Gasteiger partial charge is 0.337 e. The zero-order chi connectivity index (χ0) is 17.2. The summed E-state index contributed by atoms with van der Waals surface area (Å²) in [6, 6.07) is 7.27. The molecule has 23 heavy (non-hydrogen) atoms. The average Bonchev–Trinajstić information content (AvgIpc) is 2.55. The Labute approximate surface area is 139 Å². The van der Waals surface area contributed by atoms with Crippen LogP contribution in [0.3, 0.4) is 0 Å². The van der Waals surface area contributed by atoms with Gasteiger partial charge < -0.3 is 19.9 Å². The van der Waals surface area contributed by atoms with E-state index in [1.165, 1.54) is 13.5 Å². The molecule has 0 fully saturated rings. The number of nitrogens with two attached hydrogens (primary N) is 1. The van der Waals surface area contributed by atoms with Crippen molar-refractivity contribution < 1.29 is 24.7 Å². The third kappa shape index (κ3) is 8.00. The second kappa shape index (κ2) is 10.2. The molecule has 0 amide bonds. The van der Waals surface area contributed by atoms with Crippen molar-refractivity contribution in [3.8, 4) is 5.75 Å². The molecule has 3 N–H and O–H groups in total. The maximum absolute atomic E-state index is 11.5. The van der Waals surface area contributed by atoms with Crippen molar-refractivity contribution >= 4 is 5.97 Å². The van der Waals surface area contributed by atoms with Gasteiger partial charge in [0, 0.05) is 0 Å². The van der Waals surface area contributed by atoms with Crippen LogP contribution in [0.1, 0.15) is 44.0 Å². The molecular weight excluding hydrogens is 294 g/mol. The number of carbonyl (C=O) groups is 1. The molecule has 0 bridgehead atoms. The number of benzene rings is 1. The minimum Gasteiger partial charge on any atom is -0.491 e. The predicted octanol–water partition coefficient (Wildman–Crippen LogP) is 1.60. The molecule has 5 nitrogen and oxygen atoms in total. The van der Waals surface area contributed by atoms with Gasteiger partial charge in [0.2, 0.25) is 0 Å². The summed E-state index contributed by atoms with van der Waals surface area (Å²) in [5, 5.41) is 12.2. The molecule has 2 atom stereocenters. The van der Waals surface area contributed by atoms with Crippen LogP contribution in [0.4, 0.5) is 0 Å². The van der Waals surface area contributed by atoms with Crippen LogP contribution < -0.4 is 10.1 Å². The first-order valence-corrected chi connectivity index (χ1v) is 8.25. The number of carbonyl (C=O) groups excluding carboxylic acids is 1. The van der Waals surface area contributed by atoms with E-state index in [4.69, 9.17) is 4.74 Å². The maximum atomic E-state index is 11.5. The lowest BCUT2D eigenvalue weighted by Gasteiger charge is -2.16. The lowest BCUT2D eigenvalue weighted by Crippen LogP contribution is -2.91. The van der Waals surface area contributed by atoms with E-state index in [1.54, 1.807) is 24.3 Å². The van der Waals surface area contributed by atoms with Crippen molar-refractivity contribution in [2.24, 2.45) is 5.92 Å². The second-order valence-electron chi connectivity index (χ2n) is 6.40. The number of hydrogen-bond acceptors (Lipinski definition) is 4. The molecule has 0 unspecified atom stereocenters. The number of hydrogen-bond donors (Lipinski definition) is 2. The largest absolute Gasteiger partial charge is 0.491 e. The van der Waals surface area contributed by atoms with Gasteiger partial charge in [0.05, 0.1) is 18.7 Å². The van der Waals surface area contributed by atoms with E-state index in [1.807, 2.05) is 0 Å². The van der Waals surface area contributed by atoms with E-state index in [0.717, 1.165) is 6.42 Å². The third-order valence-electron chi connectivity index (χ3n) is 3.71. The number of rotatable bonds is 10. The zero-order valence-electron chi connectivity index (χ0n) is 14.6. The van der Waals surface area contributed by atoms with E-state index >= 15 is 0 Å². The molecule has 5 heteroatoms. The molecule has 0 aromatic heterocycles. The SMILES string of the molecule is COC(=O)c1cccc(OC[C@@H](O)C[NH2+][C@@H](C)CCC(C)C)c1. The van der Waals surface area contributed by atoms with Crippen LogP contribution in [0.5, 0.6) is 5.75 Å². The standard InChI is InChI=1S/C18H29NO4/c1-13(2)8-9-14(3)19-11-16(20)12-23-17-7-5-6-15(10-17)18(21)22-4/h5-7,10,13-14,16,19-20H,8-9,11-12H2,1-4H3/p+1/t14-,16-/m0/s1. The van der Waals surface area contributed by atoms with Gasteiger partial charge in [-0.1, -0.05) is 19.9 Å². The molecule has 0 aliphatic heterocycles. The highest BCUT2D eigenvalue weighted by atomic mass is 16.5. The molecule has 0 saturated heterocycles. The van der Waals surface area contributed by atoms with Gasteiger partial charge in [0.15, 0.2) is 0 Å². The summed E-state index contributed by atoms with van der Waals surface area (Å²) in [5.41, 5.74) is 0.438. The summed E-state index contributed by atoms with van der Waals surface area (Å²) >= 11 is 0. The fourth-order valence-electron chi connectivity index (χ4n) is 2.19. The Balaban J connectivity index is 2.33. The normalized spacial score (nSPS) is 13.7. The van der Waals surface area contributed by atoms with Crippen molar-refractivity contribution in [2.75, 3.05) is 20.3 Å². The highest BCUT2D eigenvalue weighted by molar-refractivity contribution is 5.89. The Hall–Kier alpha value is -1.59. The highest BCUT2D eigenvalue weighted by Gasteiger charge is 2.12. The maximum Gasteiger partial charge on any atom is 0.337 e. The van der Waals surface area contributed by atoms with E-state index in [-0.39, 0.29) is 6.61 Å². The van der Waals surface area contributed by atoms with Gasteiger partial charge in [-0.25, -0.2) is 4.79 Å². The van der Waals surface area contributed by atoms with Gasteiger partial charge in [-0.2, -0.15) is 0 Å². The van der Waals surface area contributed by atoms with Crippen LogP contribution in [0.2, 0.25) is 0 Å². The molecule has 1 rings (SSSR count). The van der Waals surface area contributed by atoms with Crippen molar-refractivity contribution in [1.29, 1.82) is 0 Å². The summed E-state index contributed by atoms with van der Waals surface area (Å²) < 4.78 is 10.2. The molecule has 0 aliphatic carbocycles. The number of methoxy groups -OCH3 is 1. The Morgan fingerprint density at radius 2 is 2.00 bits per heavy atom. The lowest BCUT2D eigenvalue weighted by atomic mass is 10.0. The molecule has 0 heterocycles. The first kappa shape index (κ1) is 19.5. The Morgan fingerprint density at radius 1 is 1.26 bits per heavy atom. The molecule has 1 aromatic rings. The first-order valence-electron chi connectivity index (χ1n) is 8.25. The second-order valence-corrected chi connectivity index (χ2v) is 6.40. The Morgan fingerprint density at radius 3 is 2.65 bits per heavy atom. The quantitative estimate of drug-likeness (QED) is 0.641. The van der Waals surface area contributed by atoms with Gasteiger partial charge in [-0.05, 0) is 43.9 Å². The molecule has 0 radical (unpaired) electrons. The number of aliphatic hydroxyl groups excluding tert-OH is 1. The van der Waals surface area contributed by atoms with Crippen LogP contribution in [0, 0.1) is 5.92 Å². The average molecular weight is 324 g/mol. The van der Waals surface area contributed by atoms with Crippen molar-refractivity contribution in [2.45, 2.75) is 45.8 Å². The molecule has 0 spiro atoms. The summed E-state index contributed by atoms with van der Waals surface area (Å²) in [6.07, 6.45) is 1.80. The van der Waals surface area contributed by atoms with Crippen LogP contribution in [-0.2, 0) is 4.74 Å². The van der Waals surface area contributed by atoms with Gasteiger partial charge in [0.25, 0.3) is 0 Å². The van der Waals surface area contributed by atoms with Crippen molar-refractivity contribution in [1.82, 2.24) is 0 Å². The van der Waals surface area contributed by atoms with E-state index < -0.39 is 12.1 Å². The summed E-state index contributed by atoms with van der Waals surface area (Å²) in [6.45, 7) is 7.43. The van der Waals surface area contributed by atoms with Gasteiger partial charge in [0.1, 0.15) is 25.0 Å². The number of esters is 1. The fourth-order valence-corrected chi connectivity index (χ4v) is 2.19. The number of quaternary nitrogens is 1. The van der Waals surface area contributed by atoms with Gasteiger partial charge in [-0.15, -0.1) is 0 Å². The van der Waals surface area contributed by atoms with E-state index in [0.29, 0.717) is 29.8 Å². The lowest BCUT2D eigenvalue weighted by molar-refractivity contribution is -0.692. The summed E-state index contributed by atoms with van der Waals surface area (Å²) in [4.78, 5) is 11.5. The van der Waals surface area contributed by atoms with E-state index in [2.05, 4.69) is 30.8 Å². The summed E-state index contributed by atoms with van der Waals surface area (Å²) in [5.74, 6) is 0.865. The fraction of sp³-hybridized carbons (Fsp3) is 0.611. The Bertz CT molecular complexity index is 476. The molecule has 130 valence electrons. The van der Waals surface area contributed by atoms with Crippen LogP contribution in [0.25, 0.3) is 0 Å². The summed E-state index contributed by atoms with van der Waals surface area (Å²) in [7, 11) is 1.34. The molecule has 0 saturated carbocycles. The Kier molecular flexibility index (Phi) is 8.66. The minimum atomic E-state index is -0.543. The van der Waals surface area contributed by atoms with Crippen LogP contribution in [-0.4, -0.2) is 43.5 Å². The third-order valence-corrected chi connectivity index (χ3v) is 3.71. The zero-order valence-corrected chi connectivity index (χ0v) is 14.6. The van der Waals surface area contributed by atoms with E-state index in [9.17, 15) is 9.90 Å². The van der Waals surface area contributed by atoms with Gasteiger partial charge in [-0.3, -0.25) is 0 Å². The topological polar surface area (TPSA) is 72.4 Å². The van der Waals surface area contributed by atoms with Crippen molar-refractivity contribution in [3.05, 3.63) is 29.8 Å². The molecule has 1 aromatic carbocycles. The van der Waals surface area contributed by atoms with Crippen molar-refractivity contribution in [3.63, 3.8) is 0 Å². The minimum absolute atomic E-state index is 0.206.